The van der Waals surface area contributed by atoms with Gasteiger partial charge in [0.05, 0.1) is 11.1 Å². The van der Waals surface area contributed by atoms with E-state index < -0.39 is 0 Å². The first kappa shape index (κ1) is 14.5. The van der Waals surface area contributed by atoms with Crippen LogP contribution in [0.15, 0.2) is 22.4 Å². The van der Waals surface area contributed by atoms with E-state index in [1.807, 2.05) is 18.1 Å². The van der Waals surface area contributed by atoms with Crippen LogP contribution in [0.4, 0.5) is 11.9 Å². The van der Waals surface area contributed by atoms with Gasteiger partial charge in [-0.05, 0) is 25.6 Å². The summed E-state index contributed by atoms with van der Waals surface area (Å²) < 4.78 is 1.73. The van der Waals surface area contributed by atoms with Gasteiger partial charge in [-0.25, -0.2) is 5.84 Å². The fraction of sp³-hybridized carbons (Fsp3) is 0.455. The van der Waals surface area contributed by atoms with E-state index in [-0.39, 0.29) is 0 Å². The van der Waals surface area contributed by atoms with Crippen molar-refractivity contribution in [2.24, 2.45) is 12.9 Å². The Kier molecular flexibility index (Phi) is 4.74. The van der Waals surface area contributed by atoms with Crippen LogP contribution in [-0.2, 0) is 7.05 Å². The van der Waals surface area contributed by atoms with E-state index in [0.29, 0.717) is 17.1 Å². The molecule has 0 atom stereocenters. The van der Waals surface area contributed by atoms with E-state index in [9.17, 15) is 0 Å². The van der Waals surface area contributed by atoms with E-state index in [0.717, 1.165) is 18.0 Å². The van der Waals surface area contributed by atoms with Crippen LogP contribution < -0.4 is 16.2 Å². The molecule has 0 aliphatic carbocycles. The Hall–Kier alpha value is -1.87. The van der Waals surface area contributed by atoms with Gasteiger partial charge in [0.2, 0.25) is 11.9 Å². The van der Waals surface area contributed by atoms with Crippen LogP contribution in [0.25, 0.3) is 0 Å². The first-order valence-corrected chi connectivity index (χ1v) is 7.12. The minimum atomic E-state index is 0.355. The average molecular weight is 294 g/mol. The third kappa shape index (κ3) is 3.36. The summed E-state index contributed by atoms with van der Waals surface area (Å²) in [5, 5.41) is 4.71. The maximum Gasteiger partial charge on any atom is 0.242 e. The van der Waals surface area contributed by atoms with Gasteiger partial charge in [-0.2, -0.15) is 20.1 Å². The molecule has 0 radical (unpaired) electrons. The molecule has 0 aliphatic heterocycles. The second-order valence-electron chi connectivity index (χ2n) is 4.01. The maximum absolute atomic E-state index is 5.42. The molecule has 0 saturated carbocycles. The Bertz CT molecular complexity index is 565. The molecule has 0 amide bonds. The van der Waals surface area contributed by atoms with Gasteiger partial charge in [-0.15, -0.1) is 0 Å². The van der Waals surface area contributed by atoms with E-state index in [1.165, 1.54) is 11.8 Å². The Labute approximate surface area is 121 Å². The predicted octanol–water partition coefficient (Wildman–Crippen LogP) is 0.888. The summed E-state index contributed by atoms with van der Waals surface area (Å²) in [6, 6.07) is 0. The fourth-order valence-electron chi connectivity index (χ4n) is 1.66. The molecule has 2 heterocycles. The number of anilines is 2. The lowest BCUT2D eigenvalue weighted by Gasteiger charge is -2.19. The van der Waals surface area contributed by atoms with Crippen molar-refractivity contribution in [3.8, 4) is 0 Å². The Morgan fingerprint density at radius 1 is 1.30 bits per heavy atom. The second-order valence-corrected chi connectivity index (χ2v) is 5.05. The summed E-state index contributed by atoms with van der Waals surface area (Å²) in [5.74, 6) is 6.39. The molecule has 0 bridgehead atoms. The molecule has 0 spiro atoms. The van der Waals surface area contributed by atoms with Crippen LogP contribution in [-0.4, -0.2) is 37.8 Å². The Morgan fingerprint density at radius 3 is 2.60 bits per heavy atom. The molecule has 0 aliphatic rings. The molecule has 0 unspecified atom stereocenters. The lowest BCUT2D eigenvalue weighted by Crippen LogP contribution is -2.25. The van der Waals surface area contributed by atoms with E-state index in [1.54, 1.807) is 10.9 Å². The topological polar surface area (TPSA) is 97.8 Å². The predicted molar refractivity (Wildman–Crippen MR) is 78.5 cm³/mol. The molecule has 0 aromatic carbocycles. The molecular weight excluding hydrogens is 276 g/mol. The number of rotatable bonds is 6. The largest absolute Gasteiger partial charge is 0.341 e. The number of nitrogens with one attached hydrogen (secondary N) is 1. The SMILES string of the molecule is CCN(CC)c1nc(NN)nc(Sc2cnn(C)c2)n1. The first-order valence-electron chi connectivity index (χ1n) is 6.30. The molecule has 0 saturated heterocycles. The zero-order chi connectivity index (χ0) is 14.5. The van der Waals surface area contributed by atoms with Gasteiger partial charge in [0.1, 0.15) is 0 Å². The van der Waals surface area contributed by atoms with E-state index >= 15 is 0 Å². The van der Waals surface area contributed by atoms with Crippen molar-refractivity contribution in [2.75, 3.05) is 23.4 Å². The molecule has 8 nitrogen and oxygen atoms in total. The number of aryl methyl sites for hydroxylation is 1. The third-order valence-corrected chi connectivity index (χ3v) is 3.48. The summed E-state index contributed by atoms with van der Waals surface area (Å²) in [7, 11) is 1.87. The van der Waals surface area contributed by atoms with Crippen molar-refractivity contribution in [3.05, 3.63) is 12.4 Å². The van der Waals surface area contributed by atoms with Gasteiger partial charge >= 0.3 is 0 Å². The molecule has 0 fully saturated rings. The summed E-state index contributed by atoms with van der Waals surface area (Å²) in [4.78, 5) is 16.0. The summed E-state index contributed by atoms with van der Waals surface area (Å²) in [6.07, 6.45) is 3.67. The van der Waals surface area contributed by atoms with Gasteiger partial charge < -0.3 is 4.90 Å². The standard InChI is InChI=1S/C11H18N8S/c1-4-19(5-2)10-14-9(17-12)15-11(16-10)20-8-6-13-18(3)7-8/h6-7H,4-5,12H2,1-3H3,(H,14,15,16,17). The highest BCUT2D eigenvalue weighted by Gasteiger charge is 2.12. The quantitative estimate of drug-likeness (QED) is 0.599. The lowest BCUT2D eigenvalue weighted by molar-refractivity contribution is 0.766. The Balaban J connectivity index is 2.29. The average Bonchev–Trinajstić information content (AvgIpc) is 2.85. The van der Waals surface area contributed by atoms with Crippen molar-refractivity contribution in [3.63, 3.8) is 0 Å². The minimum absolute atomic E-state index is 0.355. The van der Waals surface area contributed by atoms with Gasteiger partial charge in [0, 0.05) is 26.3 Å². The molecule has 108 valence electrons. The third-order valence-electron chi connectivity index (χ3n) is 2.67. The molecule has 3 N–H and O–H groups in total. The van der Waals surface area contributed by atoms with E-state index in [2.05, 4.69) is 39.3 Å². The monoisotopic (exact) mass is 294 g/mol. The van der Waals surface area contributed by atoms with Gasteiger partial charge in [-0.1, -0.05) is 0 Å². The summed E-state index contributed by atoms with van der Waals surface area (Å²) in [6.45, 7) is 5.75. The van der Waals surface area contributed by atoms with Gasteiger partial charge in [-0.3, -0.25) is 10.1 Å². The van der Waals surface area contributed by atoms with Crippen molar-refractivity contribution >= 4 is 23.7 Å². The number of hydrogen-bond donors (Lipinski definition) is 2. The van der Waals surface area contributed by atoms with Crippen LogP contribution in [0.1, 0.15) is 13.8 Å². The molecule has 2 aromatic heterocycles. The number of hydrazine groups is 1. The van der Waals surface area contributed by atoms with Crippen molar-refractivity contribution in [1.29, 1.82) is 0 Å². The van der Waals surface area contributed by atoms with Gasteiger partial charge in [0.25, 0.3) is 0 Å². The summed E-state index contributed by atoms with van der Waals surface area (Å²) >= 11 is 1.42. The highest BCUT2D eigenvalue weighted by Crippen LogP contribution is 2.25. The number of hydrogen-bond acceptors (Lipinski definition) is 8. The zero-order valence-corrected chi connectivity index (χ0v) is 12.6. The molecule has 9 heteroatoms. The molecule has 20 heavy (non-hydrogen) atoms. The fourth-order valence-corrected chi connectivity index (χ4v) is 2.44. The first-order chi connectivity index (χ1) is 9.66. The lowest BCUT2D eigenvalue weighted by atomic mass is 10.5. The smallest absolute Gasteiger partial charge is 0.242 e. The second kappa shape index (κ2) is 6.53. The normalized spacial score (nSPS) is 10.6. The van der Waals surface area contributed by atoms with Crippen molar-refractivity contribution < 1.29 is 0 Å². The minimum Gasteiger partial charge on any atom is -0.341 e. The number of nitrogen functional groups attached to an aromatic ring is 1. The highest BCUT2D eigenvalue weighted by atomic mass is 32.2. The number of nitrogens with two attached hydrogens (primary N) is 1. The van der Waals surface area contributed by atoms with Crippen LogP contribution >= 0.6 is 11.8 Å². The van der Waals surface area contributed by atoms with Crippen LogP contribution in [0.3, 0.4) is 0 Å². The van der Waals surface area contributed by atoms with Crippen LogP contribution in [0.2, 0.25) is 0 Å². The van der Waals surface area contributed by atoms with Crippen molar-refractivity contribution in [2.45, 2.75) is 23.9 Å². The Morgan fingerprint density at radius 2 is 2.05 bits per heavy atom. The van der Waals surface area contributed by atoms with E-state index in [4.69, 9.17) is 5.84 Å². The summed E-state index contributed by atoms with van der Waals surface area (Å²) in [5.41, 5.74) is 2.48. The number of nitrogens with zero attached hydrogens (tertiary/aromatic N) is 6. The van der Waals surface area contributed by atoms with Crippen LogP contribution in [0.5, 0.6) is 0 Å². The van der Waals surface area contributed by atoms with Crippen LogP contribution in [0, 0.1) is 0 Å². The number of aromatic nitrogens is 5. The highest BCUT2D eigenvalue weighted by molar-refractivity contribution is 7.99. The maximum atomic E-state index is 5.42. The molecular formula is C11H18N8S. The zero-order valence-electron chi connectivity index (χ0n) is 11.7. The van der Waals surface area contributed by atoms with Gasteiger partial charge in [0.15, 0.2) is 5.16 Å². The molecule has 2 rings (SSSR count). The van der Waals surface area contributed by atoms with Crippen molar-refractivity contribution in [1.82, 2.24) is 24.7 Å². The molecule has 2 aromatic rings.